The van der Waals surface area contributed by atoms with Crippen LogP contribution in [0.1, 0.15) is 13.3 Å². The Hall–Kier alpha value is -2.02. The van der Waals surface area contributed by atoms with Gasteiger partial charge in [-0.2, -0.15) is 12.7 Å². The Morgan fingerprint density at radius 2 is 2.03 bits per heavy atom. The van der Waals surface area contributed by atoms with Gasteiger partial charge in [0.1, 0.15) is 11.9 Å². The van der Waals surface area contributed by atoms with Crippen molar-refractivity contribution in [2.24, 2.45) is 5.14 Å². The Balaban J connectivity index is 1.64. The highest BCUT2D eigenvalue weighted by atomic mass is 32.2. The lowest BCUT2D eigenvalue weighted by Gasteiger charge is -2.34. The summed E-state index contributed by atoms with van der Waals surface area (Å²) in [7, 11) is -3.74. The molecule has 1 atom stereocenters. The first-order valence-corrected chi connectivity index (χ1v) is 11.2. The molecule has 1 unspecified atom stereocenters. The Labute approximate surface area is 174 Å². The molecule has 2 aliphatic rings. The summed E-state index contributed by atoms with van der Waals surface area (Å²) in [5.74, 6) is -0.493. The van der Waals surface area contributed by atoms with Crippen LogP contribution in [0.25, 0.3) is 0 Å². The summed E-state index contributed by atoms with van der Waals surface area (Å²) in [4.78, 5) is 16.0. The molecule has 2 saturated heterocycles. The van der Waals surface area contributed by atoms with E-state index in [2.05, 4.69) is 5.32 Å². The van der Waals surface area contributed by atoms with Crippen LogP contribution in [0.15, 0.2) is 18.2 Å². The number of carbonyl (C=O) groups excluding carboxylic acids is 1. The van der Waals surface area contributed by atoms with Gasteiger partial charge in [0.25, 0.3) is 10.2 Å². The molecule has 0 bridgehead atoms. The summed E-state index contributed by atoms with van der Waals surface area (Å²) in [6, 6.07) is 4.52. The largest absolute Gasteiger partial charge is 0.442 e. The molecule has 1 amide bonds. The average Bonchev–Trinajstić information content (AvgIpc) is 3.06. The number of ether oxygens (including phenoxy) is 1. The molecule has 12 heteroatoms. The maximum atomic E-state index is 14.7. The van der Waals surface area contributed by atoms with Crippen LogP contribution in [0.4, 0.5) is 20.6 Å². The third-order valence-electron chi connectivity index (χ3n) is 4.90. The van der Waals surface area contributed by atoms with Gasteiger partial charge in [0.15, 0.2) is 0 Å². The quantitative estimate of drug-likeness (QED) is 0.624. The minimum absolute atomic E-state index is 0.187. The van der Waals surface area contributed by atoms with Crippen molar-refractivity contribution in [3.8, 4) is 0 Å². The van der Waals surface area contributed by atoms with Crippen LogP contribution in [0, 0.1) is 5.82 Å². The fourth-order valence-corrected chi connectivity index (χ4v) is 4.05. The van der Waals surface area contributed by atoms with Gasteiger partial charge in [0.2, 0.25) is 0 Å². The normalized spacial score (nSPS) is 20.7. The third-order valence-corrected chi connectivity index (χ3v) is 6.42. The van der Waals surface area contributed by atoms with E-state index in [4.69, 9.17) is 22.1 Å². The van der Waals surface area contributed by atoms with Gasteiger partial charge in [-0.15, -0.1) is 0 Å². The fourth-order valence-electron chi connectivity index (χ4n) is 3.29. The van der Waals surface area contributed by atoms with Crippen molar-refractivity contribution in [2.75, 3.05) is 49.1 Å². The molecular weight excluding hydrogens is 421 g/mol. The van der Waals surface area contributed by atoms with Crippen molar-refractivity contribution >= 4 is 44.9 Å². The molecule has 2 heterocycles. The van der Waals surface area contributed by atoms with Crippen molar-refractivity contribution in [3.63, 3.8) is 0 Å². The predicted molar refractivity (Wildman–Crippen MR) is 112 cm³/mol. The lowest BCUT2D eigenvalue weighted by Crippen LogP contribution is -2.50. The van der Waals surface area contributed by atoms with Crippen LogP contribution >= 0.6 is 12.2 Å². The monoisotopic (exact) mass is 445 g/mol. The molecule has 0 aromatic heterocycles. The van der Waals surface area contributed by atoms with Gasteiger partial charge in [0, 0.05) is 26.2 Å². The minimum atomic E-state index is -3.74. The van der Waals surface area contributed by atoms with Crippen LogP contribution in [0.2, 0.25) is 0 Å². The summed E-state index contributed by atoms with van der Waals surface area (Å²) in [6.45, 7) is 3.65. The van der Waals surface area contributed by atoms with E-state index in [0.717, 1.165) is 4.31 Å². The first-order valence-electron chi connectivity index (χ1n) is 9.26. The average molecular weight is 446 g/mol. The predicted octanol–water partition coefficient (Wildman–Crippen LogP) is 0.803. The van der Waals surface area contributed by atoms with E-state index in [1.54, 1.807) is 17.0 Å². The number of thiocarbonyl (C=S) groups is 1. The van der Waals surface area contributed by atoms with Gasteiger partial charge < -0.3 is 15.0 Å². The molecule has 3 rings (SSSR count). The SMILES string of the molecule is CCC(=S)NCC1CN(c2ccc(N3CCN(S(N)(=O)=O)CC3)c(F)c2)C(=O)O1. The first kappa shape index (κ1) is 21.7. The van der Waals surface area contributed by atoms with Crippen LogP contribution in [-0.4, -0.2) is 69.2 Å². The van der Waals surface area contributed by atoms with Crippen molar-refractivity contribution in [1.82, 2.24) is 9.62 Å². The van der Waals surface area contributed by atoms with Gasteiger partial charge >= 0.3 is 6.09 Å². The maximum Gasteiger partial charge on any atom is 0.414 e. The van der Waals surface area contributed by atoms with Crippen molar-refractivity contribution in [1.29, 1.82) is 0 Å². The second-order valence-corrected chi connectivity index (χ2v) is 8.88. The zero-order valence-corrected chi connectivity index (χ0v) is 17.6. The van der Waals surface area contributed by atoms with E-state index in [1.165, 1.54) is 11.0 Å². The summed E-state index contributed by atoms with van der Waals surface area (Å²) in [6.07, 6.45) is -0.202. The Bertz CT molecular complexity index is 890. The molecule has 2 aliphatic heterocycles. The Morgan fingerprint density at radius 1 is 1.34 bits per heavy atom. The van der Waals surface area contributed by atoms with Gasteiger partial charge in [-0.1, -0.05) is 19.1 Å². The molecular formula is C17H24FN5O4S2. The lowest BCUT2D eigenvalue weighted by molar-refractivity contribution is 0.143. The standard InChI is InChI=1S/C17H24FN5O4S2/c1-2-16(28)20-10-13-11-23(17(24)27-13)12-3-4-15(14(18)9-12)21-5-7-22(8-6-21)29(19,25)26/h3-4,9,13H,2,5-8,10-11H2,1H3,(H,20,28)(H2,19,25,26). The first-order chi connectivity index (χ1) is 13.7. The summed E-state index contributed by atoms with van der Waals surface area (Å²) < 4.78 is 44.0. The number of hydrogen-bond acceptors (Lipinski definition) is 6. The van der Waals surface area contributed by atoms with Crippen LogP contribution < -0.4 is 20.3 Å². The van der Waals surface area contributed by atoms with E-state index < -0.39 is 22.1 Å². The van der Waals surface area contributed by atoms with Crippen LogP contribution in [0.5, 0.6) is 0 Å². The number of cyclic esters (lactones) is 1. The number of nitrogens with one attached hydrogen (secondary N) is 1. The highest BCUT2D eigenvalue weighted by Crippen LogP contribution is 2.28. The summed E-state index contributed by atoms with van der Waals surface area (Å²) >= 11 is 5.10. The van der Waals surface area contributed by atoms with Gasteiger partial charge in [0.05, 0.1) is 29.5 Å². The molecule has 0 saturated carbocycles. The highest BCUT2D eigenvalue weighted by Gasteiger charge is 2.33. The second-order valence-electron chi connectivity index (χ2n) is 6.84. The summed E-state index contributed by atoms with van der Waals surface area (Å²) in [5.41, 5.74) is 0.752. The number of amides is 1. The molecule has 2 fully saturated rings. The van der Waals surface area contributed by atoms with Crippen LogP contribution in [-0.2, 0) is 14.9 Å². The molecule has 0 radical (unpaired) electrons. The van der Waals surface area contributed by atoms with E-state index in [1.807, 2.05) is 6.92 Å². The maximum absolute atomic E-state index is 14.7. The molecule has 9 nitrogen and oxygen atoms in total. The Morgan fingerprint density at radius 3 is 2.62 bits per heavy atom. The fraction of sp³-hybridized carbons (Fsp3) is 0.529. The number of benzene rings is 1. The van der Waals surface area contributed by atoms with Gasteiger partial charge in [-0.3, -0.25) is 4.90 Å². The smallest absolute Gasteiger partial charge is 0.414 e. The number of carbonyl (C=O) groups is 1. The molecule has 1 aromatic rings. The minimum Gasteiger partial charge on any atom is -0.442 e. The number of hydrogen-bond donors (Lipinski definition) is 2. The zero-order chi connectivity index (χ0) is 21.2. The van der Waals surface area contributed by atoms with Crippen LogP contribution in [0.3, 0.4) is 0 Å². The molecule has 0 spiro atoms. The molecule has 3 N–H and O–H groups in total. The van der Waals surface area contributed by atoms with E-state index >= 15 is 0 Å². The summed E-state index contributed by atoms with van der Waals surface area (Å²) in [5, 5.41) is 8.16. The second kappa shape index (κ2) is 8.78. The molecule has 1 aromatic carbocycles. The highest BCUT2D eigenvalue weighted by molar-refractivity contribution is 7.86. The van der Waals surface area contributed by atoms with E-state index in [0.29, 0.717) is 49.0 Å². The van der Waals surface area contributed by atoms with Gasteiger partial charge in [-0.25, -0.2) is 14.3 Å². The van der Waals surface area contributed by atoms with Crippen molar-refractivity contribution < 1.29 is 22.3 Å². The van der Waals surface area contributed by atoms with Crippen molar-refractivity contribution in [3.05, 3.63) is 24.0 Å². The Kier molecular flexibility index (Phi) is 6.56. The zero-order valence-electron chi connectivity index (χ0n) is 16.0. The number of halogens is 1. The lowest BCUT2D eigenvalue weighted by atomic mass is 10.2. The molecule has 29 heavy (non-hydrogen) atoms. The topological polar surface area (TPSA) is 108 Å². The number of nitrogens with two attached hydrogens (primary N) is 1. The number of anilines is 2. The van der Waals surface area contributed by atoms with E-state index in [9.17, 15) is 17.6 Å². The third kappa shape index (κ3) is 5.13. The number of rotatable bonds is 6. The van der Waals surface area contributed by atoms with Crippen molar-refractivity contribution in [2.45, 2.75) is 19.4 Å². The molecule has 0 aliphatic carbocycles. The number of piperazine rings is 1. The van der Waals surface area contributed by atoms with E-state index in [-0.39, 0.29) is 19.2 Å². The number of nitrogens with zero attached hydrogens (tertiary/aromatic N) is 3. The molecule has 160 valence electrons. The van der Waals surface area contributed by atoms with Gasteiger partial charge in [-0.05, 0) is 24.6 Å².